The summed E-state index contributed by atoms with van der Waals surface area (Å²) in [5.41, 5.74) is 9.24. The third kappa shape index (κ3) is 3.57. The van der Waals surface area contributed by atoms with Gasteiger partial charge in [-0.05, 0) is 48.4 Å². The smallest absolute Gasteiger partial charge is 0.267 e. The summed E-state index contributed by atoms with van der Waals surface area (Å²) in [6.45, 7) is 2.22. The number of nitrogens with zero attached hydrogens (tertiary/aromatic N) is 2. The number of pyridine rings is 1. The second-order valence-electron chi connectivity index (χ2n) is 7.02. The molecule has 152 valence electrons. The molecular weight excluding hydrogens is 383 g/mol. The summed E-state index contributed by atoms with van der Waals surface area (Å²) in [6, 6.07) is 14.2. The lowest BCUT2D eigenvalue weighted by molar-refractivity contribution is 0.0993. The van der Waals surface area contributed by atoms with Crippen LogP contribution in [0.2, 0.25) is 0 Å². The number of carbonyl (C=O) groups is 1. The van der Waals surface area contributed by atoms with Crippen molar-refractivity contribution < 1.29 is 13.9 Å². The van der Waals surface area contributed by atoms with Gasteiger partial charge in [-0.1, -0.05) is 18.2 Å². The van der Waals surface area contributed by atoms with Crippen molar-refractivity contribution in [3.8, 4) is 5.75 Å². The molecule has 0 unspecified atom stereocenters. The number of carbonyl (C=O) groups excluding carboxylic acids is 1. The van der Waals surface area contributed by atoms with Crippen molar-refractivity contribution in [1.82, 2.24) is 9.55 Å². The van der Waals surface area contributed by atoms with Gasteiger partial charge in [-0.25, -0.2) is 4.39 Å². The van der Waals surface area contributed by atoms with Gasteiger partial charge in [0.15, 0.2) is 0 Å². The number of aromatic nitrogens is 2. The summed E-state index contributed by atoms with van der Waals surface area (Å²) < 4.78 is 21.5. The van der Waals surface area contributed by atoms with E-state index >= 15 is 0 Å². The fraction of sp³-hybridized carbons (Fsp3) is 0.130. The van der Waals surface area contributed by atoms with E-state index in [1.807, 2.05) is 41.8 Å². The minimum atomic E-state index is -0.616. The van der Waals surface area contributed by atoms with Gasteiger partial charge in [0, 0.05) is 24.3 Å². The molecule has 4 rings (SSSR count). The van der Waals surface area contributed by atoms with Crippen molar-refractivity contribution in [2.24, 2.45) is 5.73 Å². The summed E-state index contributed by atoms with van der Waals surface area (Å²) in [5.74, 6) is -0.285. The first-order chi connectivity index (χ1) is 14.5. The van der Waals surface area contributed by atoms with Crippen molar-refractivity contribution in [3.63, 3.8) is 0 Å². The van der Waals surface area contributed by atoms with E-state index in [0.29, 0.717) is 17.6 Å². The Kier molecular flexibility index (Phi) is 5.10. The van der Waals surface area contributed by atoms with Gasteiger partial charge in [0.2, 0.25) is 0 Å². The zero-order valence-corrected chi connectivity index (χ0v) is 16.6. The maximum Gasteiger partial charge on any atom is 0.267 e. The largest absolute Gasteiger partial charge is 0.497 e. The molecule has 30 heavy (non-hydrogen) atoms. The summed E-state index contributed by atoms with van der Waals surface area (Å²) in [5, 5.41) is 3.74. The van der Waals surface area contributed by atoms with Gasteiger partial charge < -0.3 is 20.4 Å². The maximum atomic E-state index is 14.5. The highest BCUT2D eigenvalue weighted by atomic mass is 19.1. The third-order valence-electron chi connectivity index (χ3n) is 4.98. The maximum absolute atomic E-state index is 14.5. The molecule has 1 amide bonds. The molecule has 2 heterocycles. The monoisotopic (exact) mass is 404 g/mol. The van der Waals surface area contributed by atoms with E-state index in [1.165, 1.54) is 6.07 Å². The van der Waals surface area contributed by atoms with Crippen LogP contribution in [0.5, 0.6) is 5.75 Å². The highest BCUT2D eigenvalue weighted by Crippen LogP contribution is 2.34. The van der Waals surface area contributed by atoms with Crippen LogP contribution in [0.15, 0.2) is 60.9 Å². The van der Waals surface area contributed by atoms with Crippen molar-refractivity contribution >= 4 is 28.2 Å². The van der Waals surface area contributed by atoms with Crippen LogP contribution in [-0.2, 0) is 6.54 Å². The third-order valence-corrected chi connectivity index (χ3v) is 4.98. The second kappa shape index (κ2) is 7.87. The van der Waals surface area contributed by atoms with Crippen molar-refractivity contribution in [3.05, 3.63) is 83.6 Å². The van der Waals surface area contributed by atoms with Gasteiger partial charge in [0.05, 0.1) is 24.0 Å². The molecule has 0 radical (unpaired) electrons. The van der Waals surface area contributed by atoms with Crippen LogP contribution >= 0.6 is 0 Å². The van der Waals surface area contributed by atoms with Crippen molar-refractivity contribution in [2.75, 3.05) is 12.4 Å². The van der Waals surface area contributed by atoms with Crippen LogP contribution in [0.25, 0.3) is 10.9 Å². The van der Waals surface area contributed by atoms with Crippen LogP contribution < -0.4 is 15.8 Å². The highest BCUT2D eigenvalue weighted by Gasteiger charge is 2.22. The fourth-order valence-electron chi connectivity index (χ4n) is 3.51. The minimum Gasteiger partial charge on any atom is -0.497 e. The Morgan fingerprint density at radius 2 is 1.97 bits per heavy atom. The number of amides is 1. The number of ether oxygens (including phenoxy) is 1. The quantitative estimate of drug-likeness (QED) is 0.500. The summed E-state index contributed by atoms with van der Waals surface area (Å²) in [4.78, 5) is 16.6. The second-order valence-corrected chi connectivity index (χ2v) is 7.02. The van der Waals surface area contributed by atoms with Crippen LogP contribution in [0.3, 0.4) is 0 Å². The standard InChI is InChI=1S/C23H21FN4O2/c1-14-3-8-19(18(24)11-14)27-21-17-12-26-10-9-20(17)28(22(21)23(25)29)13-15-4-6-16(30-2)7-5-15/h3-12,27H,13H2,1-2H3,(H2,25,29). The molecular formula is C23H21FN4O2. The van der Waals surface area contributed by atoms with E-state index in [4.69, 9.17) is 10.5 Å². The first-order valence-electron chi connectivity index (χ1n) is 9.40. The number of hydrogen-bond acceptors (Lipinski definition) is 4. The molecule has 4 aromatic rings. The van der Waals surface area contributed by atoms with Gasteiger partial charge in [-0.2, -0.15) is 0 Å². The Morgan fingerprint density at radius 3 is 2.63 bits per heavy atom. The Balaban J connectivity index is 1.85. The number of hydrogen-bond donors (Lipinski definition) is 2. The number of aryl methyl sites for hydroxylation is 1. The molecule has 0 bridgehead atoms. The van der Waals surface area contributed by atoms with E-state index in [9.17, 15) is 9.18 Å². The number of anilines is 2. The van der Waals surface area contributed by atoms with Gasteiger partial charge in [-0.15, -0.1) is 0 Å². The van der Waals surface area contributed by atoms with Gasteiger partial charge in [0.1, 0.15) is 17.3 Å². The molecule has 0 fully saturated rings. The van der Waals surface area contributed by atoms with E-state index in [-0.39, 0.29) is 11.4 Å². The molecule has 7 heteroatoms. The van der Waals surface area contributed by atoms with Crippen molar-refractivity contribution in [1.29, 1.82) is 0 Å². The normalized spacial score (nSPS) is 10.9. The zero-order chi connectivity index (χ0) is 21.3. The number of nitrogens with one attached hydrogen (secondary N) is 1. The summed E-state index contributed by atoms with van der Waals surface area (Å²) in [6.07, 6.45) is 3.29. The molecule has 0 saturated carbocycles. The summed E-state index contributed by atoms with van der Waals surface area (Å²) >= 11 is 0. The van der Waals surface area contributed by atoms with Gasteiger partial charge >= 0.3 is 0 Å². The predicted molar refractivity (Wildman–Crippen MR) is 115 cm³/mol. The average Bonchev–Trinajstić information content (AvgIpc) is 3.04. The molecule has 3 N–H and O–H groups in total. The molecule has 0 spiro atoms. The van der Waals surface area contributed by atoms with E-state index in [0.717, 1.165) is 22.4 Å². The molecule has 2 aromatic heterocycles. The molecule has 6 nitrogen and oxygen atoms in total. The molecule has 0 saturated heterocycles. The van der Waals surface area contributed by atoms with Crippen LogP contribution in [0.1, 0.15) is 21.6 Å². The lowest BCUT2D eigenvalue weighted by Crippen LogP contribution is -2.19. The molecule has 2 aromatic carbocycles. The lowest BCUT2D eigenvalue weighted by atomic mass is 10.2. The highest BCUT2D eigenvalue weighted by molar-refractivity contribution is 6.09. The number of fused-ring (bicyclic) bond motifs is 1. The fourth-order valence-corrected chi connectivity index (χ4v) is 3.51. The van der Waals surface area contributed by atoms with Crippen LogP contribution in [0.4, 0.5) is 15.8 Å². The number of rotatable bonds is 6. The number of halogens is 1. The van der Waals surface area contributed by atoms with Gasteiger partial charge in [-0.3, -0.25) is 9.78 Å². The molecule has 0 aliphatic rings. The summed E-state index contributed by atoms with van der Waals surface area (Å²) in [7, 11) is 1.61. The first kappa shape index (κ1) is 19.4. The number of methoxy groups -OCH3 is 1. The SMILES string of the molecule is COc1ccc(Cn2c(C(N)=O)c(Nc3ccc(C)cc3F)c3cnccc32)cc1. The van der Waals surface area contributed by atoms with Crippen LogP contribution in [0, 0.1) is 12.7 Å². The zero-order valence-electron chi connectivity index (χ0n) is 16.6. The predicted octanol–water partition coefficient (Wildman–Crippen LogP) is 4.38. The van der Waals surface area contributed by atoms with Crippen LogP contribution in [-0.4, -0.2) is 22.6 Å². The molecule has 0 aliphatic carbocycles. The van der Waals surface area contributed by atoms with E-state index in [2.05, 4.69) is 10.3 Å². The van der Waals surface area contributed by atoms with Crippen molar-refractivity contribution in [2.45, 2.75) is 13.5 Å². The van der Waals surface area contributed by atoms with E-state index in [1.54, 1.807) is 31.6 Å². The van der Waals surface area contributed by atoms with Gasteiger partial charge in [0.25, 0.3) is 5.91 Å². The molecule has 0 atom stereocenters. The Morgan fingerprint density at radius 1 is 1.20 bits per heavy atom. The lowest BCUT2D eigenvalue weighted by Gasteiger charge is -2.12. The average molecular weight is 404 g/mol. The van der Waals surface area contributed by atoms with E-state index < -0.39 is 11.7 Å². The Labute approximate surface area is 173 Å². The minimum absolute atomic E-state index is 0.258. The topological polar surface area (TPSA) is 82.2 Å². The Hall–Kier alpha value is -3.87. The first-order valence-corrected chi connectivity index (χ1v) is 9.40. The molecule has 0 aliphatic heterocycles. The number of primary amides is 1. The Bertz CT molecular complexity index is 1230. The number of nitrogens with two attached hydrogens (primary N) is 1. The number of benzene rings is 2.